The molecule has 0 aliphatic carbocycles. The standard InChI is InChI=1S/C69H122N12O16/c1-24-26-29-45(13)58(83)57-62(87)72-49(25-2)64(89)74(17)39-53(82)78(21)56(48(16)96-32-27-28-33-97-69(94)81-30-34-95-35-31-81)61(86)73-54(43(9)10)67(92)75(18)50(36-40(3)4)60(85)70-46(14)59(84)71-47(15)63(88)76(19)51(37-41(5)6)65(90)77(20)52(38-42(7)8)66(91)79(22)55(44(11)12)68(93)80(57)23/h24,26,40-52,54-58,83H,25,27-39H2,1-23H3,(H,70,85)(H,71,84)(H,72,87)(H,73,86)/t45-,46+,47-,48-,49+,50+,51+,52+,54+,55+,56+,57+,58-/m1/s1. The summed E-state index contributed by atoms with van der Waals surface area (Å²) >= 11 is 0. The molecule has 0 unspecified atom stereocenters. The number of allylic oxidation sites excluding steroid dienone is 2. The van der Waals surface area contributed by atoms with Crippen LogP contribution in [0.2, 0.25) is 0 Å². The van der Waals surface area contributed by atoms with Gasteiger partial charge in [0.15, 0.2) is 0 Å². The molecular weight excluding hydrogens is 1250 g/mol. The van der Waals surface area contributed by atoms with Gasteiger partial charge in [-0.05, 0) is 108 Å². The van der Waals surface area contributed by atoms with Crippen molar-refractivity contribution in [3.8, 4) is 0 Å². The van der Waals surface area contributed by atoms with Gasteiger partial charge in [0.05, 0.1) is 38.6 Å². The lowest BCUT2D eigenvalue weighted by atomic mass is 9.91. The van der Waals surface area contributed by atoms with Crippen molar-refractivity contribution in [2.45, 2.75) is 228 Å². The Morgan fingerprint density at radius 2 is 1.03 bits per heavy atom. The number of amides is 12. The maximum Gasteiger partial charge on any atom is 0.409 e. The molecule has 12 amide bonds. The molecule has 554 valence electrons. The predicted molar refractivity (Wildman–Crippen MR) is 367 cm³/mol. The van der Waals surface area contributed by atoms with Crippen molar-refractivity contribution >= 4 is 71.1 Å². The van der Waals surface area contributed by atoms with Crippen LogP contribution in [-0.4, -0.2) is 283 Å². The third-order valence-electron chi connectivity index (χ3n) is 18.2. The molecular formula is C69H122N12O16. The van der Waals surface area contributed by atoms with Crippen molar-refractivity contribution in [2.24, 2.45) is 35.5 Å². The number of hydrogen-bond donors (Lipinski definition) is 5. The Kier molecular flexibility index (Phi) is 36.3. The molecule has 28 nitrogen and oxygen atoms in total. The zero-order valence-corrected chi connectivity index (χ0v) is 62.6. The Morgan fingerprint density at radius 1 is 0.546 bits per heavy atom. The first-order valence-electron chi connectivity index (χ1n) is 34.7. The van der Waals surface area contributed by atoms with E-state index in [0.717, 1.165) is 14.7 Å². The fourth-order valence-corrected chi connectivity index (χ4v) is 12.0. The monoisotopic (exact) mass is 1370 g/mol. The zero-order chi connectivity index (χ0) is 74.2. The summed E-state index contributed by atoms with van der Waals surface area (Å²) in [5.74, 6) is -10.4. The lowest BCUT2D eigenvalue weighted by Crippen LogP contribution is -2.63. The average molecular weight is 1380 g/mol. The molecule has 2 saturated heterocycles. The van der Waals surface area contributed by atoms with Gasteiger partial charge in [0.1, 0.15) is 60.4 Å². The van der Waals surface area contributed by atoms with Crippen molar-refractivity contribution in [2.75, 3.05) is 95.4 Å². The number of ether oxygens (including phenoxy) is 3. The highest BCUT2D eigenvalue weighted by Gasteiger charge is 2.46. The summed E-state index contributed by atoms with van der Waals surface area (Å²) in [6.07, 6.45) is 1.85. The maximum atomic E-state index is 15.3. The minimum Gasteiger partial charge on any atom is -0.449 e. The summed E-state index contributed by atoms with van der Waals surface area (Å²) in [5.41, 5.74) is 0. The molecule has 2 aliphatic heterocycles. The fourth-order valence-electron chi connectivity index (χ4n) is 12.0. The summed E-state index contributed by atoms with van der Waals surface area (Å²) in [6.45, 7) is 28.5. The second kappa shape index (κ2) is 40.8. The number of aliphatic hydroxyl groups excluding tert-OH is 1. The highest BCUT2D eigenvalue weighted by molar-refractivity contribution is 5.99. The van der Waals surface area contributed by atoms with E-state index in [1.54, 1.807) is 72.4 Å². The van der Waals surface area contributed by atoms with E-state index >= 15 is 14.4 Å². The number of nitrogens with zero attached hydrogens (tertiary/aromatic N) is 8. The molecule has 2 heterocycles. The highest BCUT2D eigenvalue weighted by Crippen LogP contribution is 2.26. The lowest BCUT2D eigenvalue weighted by molar-refractivity contribution is -0.157. The van der Waals surface area contributed by atoms with Gasteiger partial charge in [-0.1, -0.05) is 95.2 Å². The van der Waals surface area contributed by atoms with Gasteiger partial charge >= 0.3 is 6.09 Å². The van der Waals surface area contributed by atoms with E-state index in [9.17, 15) is 48.3 Å². The third-order valence-corrected chi connectivity index (χ3v) is 18.2. The van der Waals surface area contributed by atoms with Crippen molar-refractivity contribution in [3.63, 3.8) is 0 Å². The number of hydrogen-bond acceptors (Lipinski definition) is 16. The Morgan fingerprint density at radius 3 is 1.55 bits per heavy atom. The summed E-state index contributed by atoms with van der Waals surface area (Å²) in [5, 5.41) is 23.1. The van der Waals surface area contributed by atoms with Crippen LogP contribution >= 0.6 is 0 Å². The maximum absolute atomic E-state index is 15.3. The molecule has 0 spiro atoms. The van der Waals surface area contributed by atoms with Crippen LogP contribution in [0, 0.1) is 35.5 Å². The molecule has 0 aromatic carbocycles. The zero-order valence-electron chi connectivity index (χ0n) is 62.6. The van der Waals surface area contributed by atoms with Gasteiger partial charge in [-0.15, -0.1) is 0 Å². The largest absolute Gasteiger partial charge is 0.449 e. The third kappa shape index (κ3) is 25.1. The van der Waals surface area contributed by atoms with Gasteiger partial charge < -0.3 is 79.8 Å². The van der Waals surface area contributed by atoms with E-state index in [1.165, 1.54) is 82.8 Å². The summed E-state index contributed by atoms with van der Waals surface area (Å²) in [7, 11) is 9.72. The molecule has 5 N–H and O–H groups in total. The smallest absolute Gasteiger partial charge is 0.409 e. The predicted octanol–water partition coefficient (Wildman–Crippen LogP) is 2.88. The Labute approximate surface area is 577 Å². The molecule has 13 atom stereocenters. The summed E-state index contributed by atoms with van der Waals surface area (Å²) in [4.78, 5) is 185. The lowest BCUT2D eigenvalue weighted by Gasteiger charge is -2.41. The van der Waals surface area contributed by atoms with E-state index in [-0.39, 0.29) is 63.1 Å². The Balaban J connectivity index is 2.95. The number of nitrogens with one attached hydrogen (secondary N) is 4. The Hall–Kier alpha value is -6.94. The first-order chi connectivity index (χ1) is 45.2. The number of carbonyl (C=O) groups is 12. The topological polar surface area (TPSA) is 327 Å². The number of carbonyl (C=O) groups excluding carboxylic acids is 12. The van der Waals surface area contributed by atoms with E-state index in [2.05, 4.69) is 21.3 Å². The van der Waals surface area contributed by atoms with Crippen LogP contribution in [0.25, 0.3) is 0 Å². The van der Waals surface area contributed by atoms with Crippen molar-refractivity contribution in [1.82, 2.24) is 60.5 Å². The fraction of sp³-hybridized carbons (Fsp3) is 0.797. The number of likely N-dealkylation sites (N-methyl/N-ethyl adjacent to an activating group) is 7. The summed E-state index contributed by atoms with van der Waals surface area (Å²) in [6, 6.07) is -13.1. The van der Waals surface area contributed by atoms with Gasteiger partial charge in [0.2, 0.25) is 65.0 Å². The molecule has 0 aromatic heterocycles. The van der Waals surface area contributed by atoms with E-state index in [4.69, 9.17) is 14.2 Å². The first-order valence-corrected chi connectivity index (χ1v) is 34.7. The van der Waals surface area contributed by atoms with Crippen LogP contribution in [0.3, 0.4) is 0 Å². The molecule has 28 heteroatoms. The van der Waals surface area contributed by atoms with Gasteiger partial charge in [0, 0.05) is 69.0 Å². The Bertz CT molecular complexity index is 2670. The van der Waals surface area contributed by atoms with Gasteiger partial charge in [0.25, 0.3) is 0 Å². The van der Waals surface area contributed by atoms with E-state index in [1.807, 2.05) is 41.5 Å². The molecule has 2 aliphatic rings. The van der Waals surface area contributed by atoms with Crippen LogP contribution in [0.5, 0.6) is 0 Å². The minimum absolute atomic E-state index is 0.0288. The van der Waals surface area contributed by atoms with Gasteiger partial charge in [-0.3, -0.25) is 52.7 Å². The second-order valence-electron chi connectivity index (χ2n) is 28.4. The SMILES string of the molecule is CC=CC[C@@H](C)[C@@H](O)[C@H]1C(=O)N[C@@H](CC)C(=O)N(C)CC(=O)N(C)[C@@H]([C@@H](C)OCCCCOC(=O)N2CCOCC2)C(=O)N[C@@H](C(C)C)C(=O)N(C)[C@@H](CC(C)C)C(=O)N[C@@H](C)C(=O)N[C@H](C)C(=O)N(C)[C@@H](CC(C)C)C(=O)N(C)[C@@H](CC(C)C)C(=O)N(C)[C@@H](C(C)C)C(=O)N1C. The molecule has 97 heavy (non-hydrogen) atoms. The van der Waals surface area contributed by atoms with Crippen molar-refractivity contribution in [3.05, 3.63) is 12.2 Å². The van der Waals surface area contributed by atoms with Crippen LogP contribution in [0.15, 0.2) is 12.2 Å². The van der Waals surface area contributed by atoms with Crippen molar-refractivity contribution < 1.29 is 76.9 Å². The molecule has 2 rings (SSSR count). The second-order valence-corrected chi connectivity index (χ2v) is 28.4. The molecule has 2 fully saturated rings. The van der Waals surface area contributed by atoms with Crippen LogP contribution in [-0.2, 0) is 67.0 Å². The summed E-state index contributed by atoms with van der Waals surface area (Å²) < 4.78 is 17.0. The molecule has 0 saturated carbocycles. The van der Waals surface area contributed by atoms with Crippen LogP contribution in [0.1, 0.15) is 156 Å². The molecule has 0 bridgehead atoms. The van der Waals surface area contributed by atoms with Crippen molar-refractivity contribution in [1.29, 1.82) is 0 Å². The number of morpholine rings is 1. The van der Waals surface area contributed by atoms with Crippen LogP contribution < -0.4 is 21.3 Å². The number of unbranched alkanes of at least 4 members (excludes halogenated alkanes) is 1. The number of aliphatic hydroxyl groups is 1. The average Bonchev–Trinajstić information content (AvgIpc) is 0.816. The molecule has 0 radical (unpaired) electrons. The van der Waals surface area contributed by atoms with E-state index in [0.29, 0.717) is 39.1 Å². The minimum atomic E-state index is -1.66. The van der Waals surface area contributed by atoms with E-state index < -0.39 is 168 Å². The highest BCUT2D eigenvalue weighted by atomic mass is 16.6. The quantitative estimate of drug-likeness (QED) is 0.0864. The van der Waals surface area contributed by atoms with Gasteiger partial charge in [-0.25, -0.2) is 4.79 Å². The normalized spacial score (nSPS) is 26.2. The molecule has 0 aromatic rings. The first kappa shape index (κ1) is 86.1. The van der Waals surface area contributed by atoms with Crippen LogP contribution in [0.4, 0.5) is 4.79 Å². The van der Waals surface area contributed by atoms with Gasteiger partial charge in [-0.2, -0.15) is 0 Å². The number of rotatable bonds is 20.